The molecule has 0 N–H and O–H groups in total. The number of halogens is 1. The molecule has 0 radical (unpaired) electrons. The second kappa shape index (κ2) is 5.36. The maximum Gasteiger partial charge on any atom is 0.158 e. The molecule has 0 saturated carbocycles. The summed E-state index contributed by atoms with van der Waals surface area (Å²) in [6, 6.07) is 0. The Balaban J connectivity index is 2.22. The molecule has 1 nitrogen and oxygen atoms in total. The molecular formula is C10H15ClO. The van der Waals surface area contributed by atoms with Crippen LogP contribution in [0.2, 0.25) is 0 Å². The molecule has 0 spiro atoms. The molecule has 12 heavy (non-hydrogen) atoms. The van der Waals surface area contributed by atoms with Gasteiger partial charge < -0.3 is 0 Å². The molecule has 1 rings (SSSR count). The lowest BCUT2D eigenvalue weighted by Gasteiger charge is -2.15. The lowest BCUT2D eigenvalue weighted by molar-refractivity contribution is -0.119. The van der Waals surface area contributed by atoms with Crippen LogP contribution in [0.15, 0.2) is 12.2 Å². The van der Waals surface area contributed by atoms with Crippen LogP contribution >= 0.6 is 11.6 Å². The Morgan fingerprint density at radius 2 is 2.33 bits per heavy atom. The highest BCUT2D eigenvalue weighted by Gasteiger charge is 2.17. The van der Waals surface area contributed by atoms with Crippen LogP contribution in [-0.2, 0) is 4.79 Å². The summed E-state index contributed by atoms with van der Waals surface area (Å²) in [5, 5.41) is 0. The predicted octanol–water partition coefficient (Wildman–Crippen LogP) is 2.93. The second-order valence-electron chi connectivity index (χ2n) is 3.26. The molecule has 1 aliphatic carbocycles. The van der Waals surface area contributed by atoms with Gasteiger partial charge in [-0.2, -0.15) is 0 Å². The molecule has 2 heteroatoms. The van der Waals surface area contributed by atoms with E-state index in [2.05, 4.69) is 0 Å². The minimum absolute atomic E-state index is 0.290. The van der Waals surface area contributed by atoms with Crippen molar-refractivity contribution in [1.82, 2.24) is 0 Å². The molecule has 1 aliphatic rings. The first-order valence-corrected chi connectivity index (χ1v) is 5.14. The van der Waals surface area contributed by atoms with Gasteiger partial charge in [0.25, 0.3) is 0 Å². The number of hydrogen-bond acceptors (Lipinski definition) is 1. The van der Waals surface area contributed by atoms with E-state index in [1.54, 1.807) is 6.08 Å². The highest BCUT2D eigenvalue weighted by Crippen LogP contribution is 2.20. The van der Waals surface area contributed by atoms with Gasteiger partial charge >= 0.3 is 0 Å². The SMILES string of the molecule is O=C1C=CCCC1CCCCCl. The number of carbonyl (C=O) groups is 1. The molecule has 0 heterocycles. The van der Waals surface area contributed by atoms with Crippen molar-refractivity contribution < 1.29 is 4.79 Å². The van der Waals surface area contributed by atoms with E-state index < -0.39 is 0 Å². The van der Waals surface area contributed by atoms with Crippen LogP contribution in [0.1, 0.15) is 32.1 Å². The molecule has 0 fully saturated rings. The van der Waals surface area contributed by atoms with Crippen molar-refractivity contribution in [2.24, 2.45) is 5.92 Å². The Bertz CT molecular complexity index is 175. The summed E-state index contributed by atoms with van der Waals surface area (Å²) in [5.41, 5.74) is 0. The van der Waals surface area contributed by atoms with E-state index in [0.29, 0.717) is 11.7 Å². The minimum Gasteiger partial charge on any atom is -0.295 e. The number of allylic oxidation sites excluding steroid dienone is 2. The number of ketones is 1. The van der Waals surface area contributed by atoms with Crippen LogP contribution in [-0.4, -0.2) is 11.7 Å². The van der Waals surface area contributed by atoms with Gasteiger partial charge in [0.05, 0.1) is 0 Å². The van der Waals surface area contributed by atoms with Crippen molar-refractivity contribution in [3.8, 4) is 0 Å². The summed E-state index contributed by atoms with van der Waals surface area (Å²) >= 11 is 5.56. The minimum atomic E-state index is 0.290. The van der Waals surface area contributed by atoms with Crippen LogP contribution in [0.5, 0.6) is 0 Å². The number of hydrogen-bond donors (Lipinski definition) is 0. The summed E-state index contributed by atoms with van der Waals surface area (Å²) < 4.78 is 0. The summed E-state index contributed by atoms with van der Waals surface area (Å²) in [5.74, 6) is 1.32. The van der Waals surface area contributed by atoms with Gasteiger partial charge in [-0.05, 0) is 31.8 Å². The first-order valence-electron chi connectivity index (χ1n) is 4.61. The van der Waals surface area contributed by atoms with Gasteiger partial charge in [-0.15, -0.1) is 11.6 Å². The quantitative estimate of drug-likeness (QED) is 0.488. The van der Waals surface area contributed by atoms with Crippen molar-refractivity contribution in [2.75, 3.05) is 5.88 Å². The number of alkyl halides is 1. The maximum atomic E-state index is 11.3. The largest absolute Gasteiger partial charge is 0.295 e. The summed E-state index contributed by atoms with van der Waals surface area (Å²) in [6.07, 6.45) is 8.96. The Kier molecular flexibility index (Phi) is 4.37. The first kappa shape index (κ1) is 9.79. The monoisotopic (exact) mass is 186 g/mol. The zero-order valence-electron chi connectivity index (χ0n) is 7.26. The lowest BCUT2D eigenvalue weighted by atomic mass is 9.89. The molecule has 0 aromatic rings. The smallest absolute Gasteiger partial charge is 0.158 e. The highest BCUT2D eigenvalue weighted by atomic mass is 35.5. The third-order valence-corrected chi connectivity index (χ3v) is 2.57. The number of unbranched alkanes of at least 4 members (excludes halogenated alkanes) is 1. The normalized spacial score (nSPS) is 23.1. The molecule has 0 aromatic heterocycles. The zero-order chi connectivity index (χ0) is 8.81. The van der Waals surface area contributed by atoms with E-state index in [1.807, 2.05) is 6.08 Å². The van der Waals surface area contributed by atoms with E-state index in [1.165, 1.54) is 0 Å². The van der Waals surface area contributed by atoms with Gasteiger partial charge in [0.2, 0.25) is 0 Å². The van der Waals surface area contributed by atoms with Gasteiger partial charge in [0.1, 0.15) is 0 Å². The van der Waals surface area contributed by atoms with Crippen LogP contribution < -0.4 is 0 Å². The third-order valence-electron chi connectivity index (χ3n) is 2.30. The van der Waals surface area contributed by atoms with Crippen LogP contribution in [0.25, 0.3) is 0 Å². The molecule has 0 aromatic carbocycles. The molecule has 0 bridgehead atoms. The molecule has 0 saturated heterocycles. The molecule has 1 unspecified atom stereocenters. The topological polar surface area (TPSA) is 17.1 Å². The van der Waals surface area contributed by atoms with Crippen molar-refractivity contribution >= 4 is 17.4 Å². The van der Waals surface area contributed by atoms with Crippen molar-refractivity contribution in [3.63, 3.8) is 0 Å². The van der Waals surface area contributed by atoms with Crippen LogP contribution in [0.3, 0.4) is 0 Å². The summed E-state index contributed by atoms with van der Waals surface area (Å²) in [4.78, 5) is 11.3. The third kappa shape index (κ3) is 2.98. The predicted molar refractivity (Wildman–Crippen MR) is 51.4 cm³/mol. The van der Waals surface area contributed by atoms with Gasteiger partial charge in [0.15, 0.2) is 5.78 Å². The van der Waals surface area contributed by atoms with Gasteiger partial charge in [-0.3, -0.25) is 4.79 Å². The van der Waals surface area contributed by atoms with E-state index in [-0.39, 0.29) is 0 Å². The lowest BCUT2D eigenvalue weighted by Crippen LogP contribution is -2.14. The maximum absolute atomic E-state index is 11.3. The van der Waals surface area contributed by atoms with E-state index in [0.717, 1.165) is 38.0 Å². The molecule has 0 aliphatic heterocycles. The van der Waals surface area contributed by atoms with E-state index >= 15 is 0 Å². The van der Waals surface area contributed by atoms with Gasteiger partial charge in [-0.1, -0.05) is 12.5 Å². The second-order valence-corrected chi connectivity index (χ2v) is 3.64. The van der Waals surface area contributed by atoms with E-state index in [9.17, 15) is 4.79 Å². The zero-order valence-corrected chi connectivity index (χ0v) is 8.02. The fourth-order valence-corrected chi connectivity index (χ4v) is 1.74. The average Bonchev–Trinajstić information content (AvgIpc) is 2.09. The fraction of sp³-hybridized carbons (Fsp3) is 0.700. The van der Waals surface area contributed by atoms with Gasteiger partial charge in [0, 0.05) is 11.8 Å². The van der Waals surface area contributed by atoms with Crippen molar-refractivity contribution in [1.29, 1.82) is 0 Å². The molecule has 68 valence electrons. The van der Waals surface area contributed by atoms with Crippen LogP contribution in [0, 0.1) is 5.92 Å². The van der Waals surface area contributed by atoms with E-state index in [4.69, 9.17) is 11.6 Å². The summed E-state index contributed by atoms with van der Waals surface area (Å²) in [7, 11) is 0. The van der Waals surface area contributed by atoms with Crippen LogP contribution in [0.4, 0.5) is 0 Å². The fourth-order valence-electron chi connectivity index (χ4n) is 1.55. The van der Waals surface area contributed by atoms with Crippen molar-refractivity contribution in [2.45, 2.75) is 32.1 Å². The molecule has 0 amide bonds. The summed E-state index contributed by atoms with van der Waals surface area (Å²) in [6.45, 7) is 0. The van der Waals surface area contributed by atoms with Crippen molar-refractivity contribution in [3.05, 3.63) is 12.2 Å². The molecule has 1 atom stereocenters. The Labute approximate surface area is 78.8 Å². The average molecular weight is 187 g/mol. The first-order chi connectivity index (χ1) is 5.84. The Morgan fingerprint density at radius 3 is 3.00 bits per heavy atom. The number of carbonyl (C=O) groups excluding carboxylic acids is 1. The van der Waals surface area contributed by atoms with Gasteiger partial charge in [-0.25, -0.2) is 0 Å². The molecular weight excluding hydrogens is 172 g/mol. The standard InChI is InChI=1S/C10H15ClO/c11-8-4-3-6-9-5-1-2-7-10(9)12/h2,7,9H,1,3-6,8H2. The Morgan fingerprint density at radius 1 is 1.50 bits per heavy atom. The highest BCUT2D eigenvalue weighted by molar-refractivity contribution is 6.17. The Hall–Kier alpha value is -0.300. The number of rotatable bonds is 4.